The van der Waals surface area contributed by atoms with Crippen molar-refractivity contribution in [3.05, 3.63) is 68.3 Å². The molecule has 0 radical (unpaired) electrons. The summed E-state index contributed by atoms with van der Waals surface area (Å²) in [6, 6.07) is 7.00. The highest BCUT2D eigenvalue weighted by molar-refractivity contribution is 7.17. The lowest BCUT2D eigenvalue weighted by atomic mass is 10.0. The van der Waals surface area contributed by atoms with Crippen LogP contribution >= 0.6 is 11.3 Å². The molecule has 128 valence electrons. The first-order chi connectivity index (χ1) is 12.1. The minimum atomic E-state index is -0.773. The Labute approximate surface area is 146 Å². The van der Waals surface area contributed by atoms with Crippen LogP contribution in [0.5, 0.6) is 0 Å². The van der Waals surface area contributed by atoms with Gasteiger partial charge in [-0.1, -0.05) is 12.1 Å². The third-order valence-corrected chi connectivity index (χ3v) is 5.40. The Kier molecular flexibility index (Phi) is 4.09. The molecule has 5 nitrogen and oxygen atoms in total. The number of carbonyl (C=O) groups is 1. The van der Waals surface area contributed by atoms with Gasteiger partial charge < -0.3 is 4.74 Å². The number of nitrogens with zero attached hydrogens (tertiary/aromatic N) is 2. The fourth-order valence-electron chi connectivity index (χ4n) is 3.06. The van der Waals surface area contributed by atoms with Crippen LogP contribution in [0.2, 0.25) is 0 Å². The fourth-order valence-corrected chi connectivity index (χ4v) is 4.29. The Morgan fingerprint density at radius 3 is 2.92 bits per heavy atom. The average molecular weight is 358 g/mol. The van der Waals surface area contributed by atoms with E-state index in [0.29, 0.717) is 10.7 Å². The molecule has 7 heteroatoms. The SMILES string of the molecule is O=C(OCc1cc(=O)n2c3c(sc2n1)CCCC3)c1ccccc1F. The van der Waals surface area contributed by atoms with E-state index in [9.17, 15) is 14.0 Å². The van der Waals surface area contributed by atoms with Gasteiger partial charge in [-0.05, 0) is 37.8 Å². The minimum absolute atomic E-state index is 0.133. The number of fused-ring (bicyclic) bond motifs is 3. The normalized spacial score (nSPS) is 13.6. The summed E-state index contributed by atoms with van der Waals surface area (Å²) in [5.41, 5.74) is 1.13. The van der Waals surface area contributed by atoms with Crippen LogP contribution < -0.4 is 5.56 Å². The highest BCUT2D eigenvalue weighted by Crippen LogP contribution is 2.28. The van der Waals surface area contributed by atoms with Crippen LogP contribution in [0.1, 0.15) is 39.5 Å². The summed E-state index contributed by atoms with van der Waals surface area (Å²) in [5, 5.41) is 0. The fraction of sp³-hybridized carbons (Fsp3) is 0.278. The van der Waals surface area contributed by atoms with Gasteiger partial charge in [-0.3, -0.25) is 9.20 Å². The van der Waals surface area contributed by atoms with Crippen molar-refractivity contribution < 1.29 is 13.9 Å². The smallest absolute Gasteiger partial charge is 0.341 e. The van der Waals surface area contributed by atoms with Gasteiger partial charge in [0.25, 0.3) is 5.56 Å². The van der Waals surface area contributed by atoms with Gasteiger partial charge in [0.2, 0.25) is 0 Å². The Morgan fingerprint density at radius 2 is 2.08 bits per heavy atom. The van der Waals surface area contributed by atoms with Crippen LogP contribution in [0, 0.1) is 5.82 Å². The van der Waals surface area contributed by atoms with Crippen molar-refractivity contribution in [2.45, 2.75) is 32.3 Å². The molecule has 0 saturated carbocycles. The number of ether oxygens (including phenoxy) is 1. The van der Waals surface area contributed by atoms with E-state index in [2.05, 4.69) is 4.98 Å². The van der Waals surface area contributed by atoms with Gasteiger partial charge in [0.1, 0.15) is 12.4 Å². The van der Waals surface area contributed by atoms with E-state index in [1.807, 2.05) is 0 Å². The molecule has 0 atom stereocenters. The zero-order chi connectivity index (χ0) is 17.4. The lowest BCUT2D eigenvalue weighted by molar-refractivity contribution is 0.0462. The maximum atomic E-state index is 13.6. The summed E-state index contributed by atoms with van der Waals surface area (Å²) in [5.74, 6) is -1.41. The maximum Gasteiger partial charge on any atom is 0.341 e. The zero-order valence-electron chi connectivity index (χ0n) is 13.3. The van der Waals surface area contributed by atoms with Crippen molar-refractivity contribution in [3.8, 4) is 0 Å². The minimum Gasteiger partial charge on any atom is -0.455 e. The molecule has 0 unspecified atom stereocenters. The van der Waals surface area contributed by atoms with E-state index >= 15 is 0 Å². The Hall–Kier alpha value is -2.54. The molecule has 0 bridgehead atoms. The van der Waals surface area contributed by atoms with E-state index in [-0.39, 0.29) is 17.7 Å². The Morgan fingerprint density at radius 1 is 1.28 bits per heavy atom. The summed E-state index contributed by atoms with van der Waals surface area (Å²) in [7, 11) is 0. The molecule has 0 saturated heterocycles. The standard InChI is InChI=1S/C18H15FN2O3S/c19-13-6-2-1-5-12(13)17(23)24-10-11-9-16(22)21-14-7-3-4-8-15(14)25-18(21)20-11/h1-2,5-6,9H,3-4,7-8,10H2. The number of aryl methyl sites for hydroxylation is 2. The quantitative estimate of drug-likeness (QED) is 0.675. The Balaban J connectivity index is 1.59. The molecular formula is C18H15FN2O3S. The second-order valence-electron chi connectivity index (χ2n) is 5.94. The predicted molar refractivity (Wildman–Crippen MR) is 91.5 cm³/mol. The molecule has 2 heterocycles. The van der Waals surface area contributed by atoms with E-state index in [0.717, 1.165) is 31.4 Å². The molecule has 1 aliphatic rings. The molecule has 0 spiro atoms. The van der Waals surface area contributed by atoms with Crippen LogP contribution in [-0.4, -0.2) is 15.4 Å². The predicted octanol–water partition coefficient (Wildman–Crippen LogP) is 3.13. The monoisotopic (exact) mass is 358 g/mol. The second-order valence-corrected chi connectivity index (χ2v) is 7.00. The number of halogens is 1. The molecular weight excluding hydrogens is 343 g/mol. The van der Waals surface area contributed by atoms with Crippen LogP contribution in [0.15, 0.2) is 35.1 Å². The van der Waals surface area contributed by atoms with Crippen LogP contribution in [0.25, 0.3) is 4.96 Å². The largest absolute Gasteiger partial charge is 0.455 e. The molecule has 0 amide bonds. The van der Waals surface area contributed by atoms with Crippen LogP contribution in [-0.2, 0) is 24.2 Å². The topological polar surface area (TPSA) is 60.7 Å². The van der Waals surface area contributed by atoms with Gasteiger partial charge in [0, 0.05) is 16.6 Å². The van der Waals surface area contributed by atoms with Crippen molar-refractivity contribution in [1.29, 1.82) is 0 Å². The second kappa shape index (κ2) is 6.40. The first-order valence-corrected chi connectivity index (χ1v) is 8.90. The number of thiazole rings is 1. The van der Waals surface area contributed by atoms with Crippen molar-refractivity contribution >= 4 is 22.3 Å². The van der Waals surface area contributed by atoms with Gasteiger partial charge in [-0.2, -0.15) is 0 Å². The summed E-state index contributed by atoms with van der Waals surface area (Å²) in [6.45, 7) is -0.165. The van der Waals surface area contributed by atoms with Crippen molar-refractivity contribution in [2.75, 3.05) is 0 Å². The molecule has 2 aromatic heterocycles. The van der Waals surface area contributed by atoms with Crippen molar-refractivity contribution in [3.63, 3.8) is 0 Å². The molecule has 1 aliphatic carbocycles. The average Bonchev–Trinajstić information content (AvgIpc) is 2.99. The molecule has 0 aliphatic heterocycles. The highest BCUT2D eigenvalue weighted by atomic mass is 32.1. The van der Waals surface area contributed by atoms with Gasteiger partial charge >= 0.3 is 5.97 Å². The maximum absolute atomic E-state index is 13.6. The zero-order valence-corrected chi connectivity index (χ0v) is 14.1. The van der Waals surface area contributed by atoms with Crippen molar-refractivity contribution in [1.82, 2.24) is 9.38 Å². The molecule has 0 fully saturated rings. The van der Waals surface area contributed by atoms with E-state index in [1.54, 1.807) is 10.5 Å². The lowest BCUT2D eigenvalue weighted by Crippen LogP contribution is -2.18. The van der Waals surface area contributed by atoms with E-state index in [1.165, 1.54) is 40.5 Å². The van der Waals surface area contributed by atoms with Crippen LogP contribution in [0.4, 0.5) is 4.39 Å². The highest BCUT2D eigenvalue weighted by Gasteiger charge is 2.19. The summed E-state index contributed by atoms with van der Waals surface area (Å²) in [6.07, 6.45) is 4.06. The number of esters is 1. The molecule has 1 aromatic carbocycles. The third-order valence-electron chi connectivity index (χ3n) is 4.26. The Bertz CT molecular complexity index is 1020. The lowest BCUT2D eigenvalue weighted by Gasteiger charge is -2.10. The van der Waals surface area contributed by atoms with Gasteiger partial charge in [0.05, 0.1) is 11.3 Å². The van der Waals surface area contributed by atoms with Crippen molar-refractivity contribution in [2.24, 2.45) is 0 Å². The first-order valence-electron chi connectivity index (χ1n) is 8.08. The van der Waals surface area contributed by atoms with E-state index in [4.69, 9.17) is 4.74 Å². The number of hydrogen-bond donors (Lipinski definition) is 0. The summed E-state index contributed by atoms with van der Waals surface area (Å²) in [4.78, 5) is 30.7. The molecule has 4 rings (SSSR count). The third kappa shape index (κ3) is 2.95. The number of benzene rings is 1. The first kappa shape index (κ1) is 16.0. The molecule has 25 heavy (non-hydrogen) atoms. The van der Waals surface area contributed by atoms with Gasteiger partial charge in [0.15, 0.2) is 4.96 Å². The van der Waals surface area contributed by atoms with Crippen LogP contribution in [0.3, 0.4) is 0 Å². The number of carbonyl (C=O) groups excluding carboxylic acids is 1. The summed E-state index contributed by atoms with van der Waals surface area (Å²) < 4.78 is 20.4. The number of aromatic nitrogens is 2. The molecule has 3 aromatic rings. The summed E-state index contributed by atoms with van der Waals surface area (Å²) >= 11 is 1.51. The van der Waals surface area contributed by atoms with Gasteiger partial charge in [-0.25, -0.2) is 14.2 Å². The van der Waals surface area contributed by atoms with E-state index < -0.39 is 11.8 Å². The molecule has 0 N–H and O–H groups in total. The van der Waals surface area contributed by atoms with Gasteiger partial charge in [-0.15, -0.1) is 11.3 Å². The number of rotatable bonds is 3. The number of hydrogen-bond acceptors (Lipinski definition) is 5.